The van der Waals surface area contributed by atoms with Crippen molar-refractivity contribution < 1.29 is 0 Å². The number of thiol groups is 1. The van der Waals surface area contributed by atoms with E-state index in [1.165, 1.54) is 5.56 Å². The van der Waals surface area contributed by atoms with Crippen LogP contribution in [0.4, 0.5) is 0 Å². The Bertz CT molecular complexity index is 269. The molecule has 0 aliphatic rings. The van der Waals surface area contributed by atoms with Gasteiger partial charge in [0.25, 0.3) is 0 Å². The topological polar surface area (TPSA) is 12.9 Å². The highest BCUT2D eigenvalue weighted by molar-refractivity contribution is 7.80. The smallest absolute Gasteiger partial charge is 0.0528 e. The van der Waals surface area contributed by atoms with Gasteiger partial charge in [0.1, 0.15) is 0 Å². The van der Waals surface area contributed by atoms with Crippen molar-refractivity contribution in [3.63, 3.8) is 0 Å². The minimum atomic E-state index is 0.186. The molecular formula is C11H17NS. The van der Waals surface area contributed by atoms with Crippen LogP contribution in [-0.2, 0) is 5.41 Å². The summed E-state index contributed by atoms with van der Waals surface area (Å²) in [5.41, 5.74) is 2.49. The van der Waals surface area contributed by atoms with Gasteiger partial charge in [-0.1, -0.05) is 26.8 Å². The zero-order chi connectivity index (χ0) is 10.1. The zero-order valence-corrected chi connectivity index (χ0v) is 9.60. The molecule has 0 N–H and O–H groups in total. The second-order valence-electron chi connectivity index (χ2n) is 4.40. The van der Waals surface area contributed by atoms with Gasteiger partial charge >= 0.3 is 0 Å². The maximum atomic E-state index is 4.37. The molecule has 0 aliphatic carbocycles. The van der Waals surface area contributed by atoms with E-state index in [0.717, 1.165) is 5.69 Å². The van der Waals surface area contributed by atoms with Gasteiger partial charge < -0.3 is 0 Å². The Morgan fingerprint density at radius 2 is 1.92 bits per heavy atom. The van der Waals surface area contributed by atoms with Gasteiger partial charge in [0.2, 0.25) is 0 Å². The molecule has 0 saturated carbocycles. The molecule has 0 saturated heterocycles. The minimum absolute atomic E-state index is 0.186. The van der Waals surface area contributed by atoms with Crippen molar-refractivity contribution in [1.29, 1.82) is 0 Å². The molecule has 1 aromatic heterocycles. The summed E-state index contributed by atoms with van der Waals surface area (Å²) in [6, 6.07) is 4.19. The molecule has 0 amide bonds. The molecule has 0 aromatic carbocycles. The molecule has 1 aromatic rings. The van der Waals surface area contributed by atoms with E-state index in [2.05, 4.69) is 50.5 Å². The molecule has 2 heteroatoms. The Morgan fingerprint density at radius 1 is 1.31 bits per heavy atom. The van der Waals surface area contributed by atoms with Crippen LogP contribution in [-0.4, -0.2) is 4.98 Å². The molecule has 1 heterocycles. The molecule has 1 nitrogen and oxygen atoms in total. The lowest BCUT2D eigenvalue weighted by Gasteiger charge is -2.18. The predicted molar refractivity (Wildman–Crippen MR) is 60.3 cm³/mol. The van der Waals surface area contributed by atoms with E-state index in [1.807, 2.05) is 13.1 Å². The lowest BCUT2D eigenvalue weighted by atomic mass is 9.88. The lowest BCUT2D eigenvalue weighted by Crippen LogP contribution is -2.11. The number of nitrogens with zero attached hydrogens (tertiary/aromatic N) is 1. The Morgan fingerprint density at radius 3 is 2.23 bits per heavy atom. The molecule has 72 valence electrons. The highest BCUT2D eigenvalue weighted by Gasteiger charge is 2.13. The van der Waals surface area contributed by atoms with Crippen molar-refractivity contribution in [1.82, 2.24) is 4.98 Å². The average molecular weight is 195 g/mol. The first-order valence-corrected chi connectivity index (χ1v) is 5.07. The minimum Gasteiger partial charge on any atom is -0.260 e. The van der Waals surface area contributed by atoms with Gasteiger partial charge in [0.05, 0.1) is 5.69 Å². The summed E-state index contributed by atoms with van der Waals surface area (Å²) >= 11 is 4.33. The molecule has 0 aliphatic heterocycles. The van der Waals surface area contributed by atoms with Crippen molar-refractivity contribution in [3.8, 4) is 0 Å². The van der Waals surface area contributed by atoms with Gasteiger partial charge in [0.15, 0.2) is 0 Å². The highest BCUT2D eigenvalue weighted by Crippen LogP contribution is 2.23. The number of hydrogen-bond donors (Lipinski definition) is 1. The summed E-state index contributed by atoms with van der Waals surface area (Å²) in [5, 5.41) is 0.217. The number of aromatic nitrogens is 1. The third-order valence-corrected chi connectivity index (χ3v) is 2.34. The molecule has 0 spiro atoms. The van der Waals surface area contributed by atoms with E-state index in [-0.39, 0.29) is 10.7 Å². The molecule has 1 rings (SSSR count). The number of rotatable bonds is 1. The Kier molecular flexibility index (Phi) is 3.01. The first-order chi connectivity index (χ1) is 5.91. The van der Waals surface area contributed by atoms with Crippen LogP contribution in [0.15, 0.2) is 18.3 Å². The highest BCUT2D eigenvalue weighted by atomic mass is 32.1. The first kappa shape index (κ1) is 10.6. The van der Waals surface area contributed by atoms with Crippen LogP contribution in [0.25, 0.3) is 0 Å². The van der Waals surface area contributed by atoms with Crippen molar-refractivity contribution in [2.24, 2.45) is 0 Å². The summed E-state index contributed by atoms with van der Waals surface area (Å²) in [7, 11) is 0. The van der Waals surface area contributed by atoms with Gasteiger partial charge in [-0.3, -0.25) is 4.98 Å². The maximum absolute atomic E-state index is 4.37. The van der Waals surface area contributed by atoms with Gasteiger partial charge in [-0.2, -0.15) is 12.6 Å². The maximum Gasteiger partial charge on any atom is 0.0528 e. The van der Waals surface area contributed by atoms with Crippen LogP contribution >= 0.6 is 12.6 Å². The standard InChI is InChI=1S/C11H17NS/c1-8(13)10-6-5-9(7-12-10)11(2,3)4/h5-8,13H,1-4H3. The third-order valence-electron chi connectivity index (χ3n) is 2.08. The normalized spacial score (nSPS) is 14.2. The molecule has 0 radical (unpaired) electrons. The molecule has 1 unspecified atom stereocenters. The van der Waals surface area contributed by atoms with Crippen LogP contribution in [0.1, 0.15) is 44.2 Å². The van der Waals surface area contributed by atoms with Gasteiger partial charge in [-0.25, -0.2) is 0 Å². The van der Waals surface area contributed by atoms with Crippen LogP contribution in [0.2, 0.25) is 0 Å². The summed E-state index contributed by atoms with van der Waals surface area (Å²) in [5.74, 6) is 0. The Labute approximate surface area is 86.0 Å². The van der Waals surface area contributed by atoms with Gasteiger partial charge in [0, 0.05) is 11.4 Å². The fourth-order valence-corrected chi connectivity index (χ4v) is 1.25. The fourth-order valence-electron chi connectivity index (χ4n) is 1.10. The molecular weight excluding hydrogens is 178 g/mol. The lowest BCUT2D eigenvalue weighted by molar-refractivity contribution is 0.586. The van der Waals surface area contributed by atoms with E-state index in [4.69, 9.17) is 0 Å². The monoisotopic (exact) mass is 195 g/mol. The van der Waals surface area contributed by atoms with E-state index < -0.39 is 0 Å². The molecule has 1 atom stereocenters. The van der Waals surface area contributed by atoms with E-state index >= 15 is 0 Å². The number of pyridine rings is 1. The first-order valence-electron chi connectivity index (χ1n) is 4.56. The summed E-state index contributed by atoms with van der Waals surface area (Å²) in [6.07, 6.45) is 1.95. The van der Waals surface area contributed by atoms with Crippen molar-refractivity contribution in [2.45, 2.75) is 38.4 Å². The molecule has 0 bridgehead atoms. The van der Waals surface area contributed by atoms with E-state index in [9.17, 15) is 0 Å². The second-order valence-corrected chi connectivity index (χ2v) is 5.17. The second kappa shape index (κ2) is 3.70. The quantitative estimate of drug-likeness (QED) is 0.678. The molecule has 13 heavy (non-hydrogen) atoms. The Hall–Kier alpha value is -0.500. The predicted octanol–water partition coefficient (Wildman–Crippen LogP) is 3.37. The van der Waals surface area contributed by atoms with Crippen LogP contribution in [0, 0.1) is 0 Å². The summed E-state index contributed by atoms with van der Waals surface area (Å²) in [4.78, 5) is 4.37. The van der Waals surface area contributed by atoms with Crippen LogP contribution in [0.5, 0.6) is 0 Å². The number of hydrogen-bond acceptors (Lipinski definition) is 2. The van der Waals surface area contributed by atoms with Crippen LogP contribution in [0.3, 0.4) is 0 Å². The SMILES string of the molecule is CC(S)c1ccc(C(C)(C)C)cn1. The summed E-state index contributed by atoms with van der Waals surface area (Å²) in [6.45, 7) is 8.59. The zero-order valence-electron chi connectivity index (χ0n) is 8.70. The van der Waals surface area contributed by atoms with Crippen molar-refractivity contribution >= 4 is 12.6 Å². The van der Waals surface area contributed by atoms with Crippen LogP contribution < -0.4 is 0 Å². The molecule has 0 fully saturated rings. The van der Waals surface area contributed by atoms with Crippen molar-refractivity contribution in [2.75, 3.05) is 0 Å². The summed E-state index contributed by atoms with van der Waals surface area (Å²) < 4.78 is 0. The average Bonchev–Trinajstić information content (AvgIpc) is 2.03. The van der Waals surface area contributed by atoms with E-state index in [1.54, 1.807) is 0 Å². The fraction of sp³-hybridized carbons (Fsp3) is 0.545. The Balaban J connectivity index is 2.94. The van der Waals surface area contributed by atoms with Gasteiger partial charge in [-0.15, -0.1) is 0 Å². The third kappa shape index (κ3) is 2.73. The van der Waals surface area contributed by atoms with Gasteiger partial charge in [-0.05, 0) is 24.0 Å². The van der Waals surface area contributed by atoms with Crippen molar-refractivity contribution in [3.05, 3.63) is 29.6 Å². The van der Waals surface area contributed by atoms with E-state index in [0.29, 0.717) is 0 Å². The largest absolute Gasteiger partial charge is 0.260 e.